The normalized spacial score (nSPS) is 17.5. The lowest BCUT2D eigenvalue weighted by molar-refractivity contribution is 0.397. The predicted octanol–water partition coefficient (Wildman–Crippen LogP) is 1.28. The van der Waals surface area contributed by atoms with E-state index in [1.54, 1.807) is 7.11 Å². The van der Waals surface area contributed by atoms with Crippen molar-refractivity contribution >= 4 is 5.69 Å². The molecule has 4 nitrogen and oxygen atoms in total. The Hall–Kier alpha value is -1.29. The first-order chi connectivity index (χ1) is 7.83. The number of methoxy groups -OCH3 is 1. The number of anilines is 1. The maximum atomic E-state index is 5.05. The van der Waals surface area contributed by atoms with Crippen molar-refractivity contribution in [2.24, 2.45) is 0 Å². The fraction of sp³-hybridized carbons (Fsp3) is 0.583. The Morgan fingerprint density at radius 3 is 2.62 bits per heavy atom. The van der Waals surface area contributed by atoms with Crippen molar-refractivity contribution in [1.29, 1.82) is 0 Å². The fourth-order valence-electron chi connectivity index (χ4n) is 2.11. The van der Waals surface area contributed by atoms with Crippen LogP contribution in [0.25, 0.3) is 0 Å². The zero-order valence-electron chi connectivity index (χ0n) is 9.94. The third kappa shape index (κ3) is 2.44. The number of nitrogens with one attached hydrogen (secondary N) is 1. The van der Waals surface area contributed by atoms with E-state index in [-0.39, 0.29) is 0 Å². The van der Waals surface area contributed by atoms with Gasteiger partial charge in [-0.1, -0.05) is 0 Å². The molecule has 1 N–H and O–H groups in total. The van der Waals surface area contributed by atoms with Gasteiger partial charge in [0.15, 0.2) is 0 Å². The van der Waals surface area contributed by atoms with Gasteiger partial charge in [0.1, 0.15) is 0 Å². The Labute approximate surface area is 96.6 Å². The van der Waals surface area contributed by atoms with E-state index in [4.69, 9.17) is 4.74 Å². The Balaban J connectivity index is 1.97. The molecule has 4 heteroatoms. The summed E-state index contributed by atoms with van der Waals surface area (Å²) in [5.74, 6) is 0.675. The van der Waals surface area contributed by atoms with E-state index in [0.717, 1.165) is 13.1 Å². The molecule has 0 atom stereocenters. The van der Waals surface area contributed by atoms with Crippen LogP contribution in [-0.2, 0) is 0 Å². The van der Waals surface area contributed by atoms with E-state index in [0.29, 0.717) is 11.9 Å². The topological polar surface area (TPSA) is 37.4 Å². The zero-order chi connectivity index (χ0) is 11.4. The minimum atomic E-state index is 0.669. The summed E-state index contributed by atoms with van der Waals surface area (Å²) in [6, 6.07) is 4.66. The van der Waals surface area contributed by atoms with Gasteiger partial charge in [0, 0.05) is 25.2 Å². The molecule has 0 aromatic carbocycles. The number of ether oxygens (including phenoxy) is 1. The van der Waals surface area contributed by atoms with E-state index >= 15 is 0 Å². The Morgan fingerprint density at radius 1 is 1.38 bits per heavy atom. The van der Waals surface area contributed by atoms with Crippen LogP contribution >= 0.6 is 0 Å². The number of nitrogens with zero attached hydrogens (tertiary/aromatic N) is 2. The molecule has 0 radical (unpaired) electrons. The monoisotopic (exact) mass is 221 g/mol. The second-order valence-corrected chi connectivity index (χ2v) is 4.11. The Morgan fingerprint density at radius 2 is 2.12 bits per heavy atom. The third-order valence-electron chi connectivity index (χ3n) is 3.20. The first kappa shape index (κ1) is 11.2. The van der Waals surface area contributed by atoms with E-state index < -0.39 is 0 Å². The lowest BCUT2D eigenvalue weighted by atomic mass is 10.1. The van der Waals surface area contributed by atoms with Crippen molar-refractivity contribution in [3.63, 3.8) is 0 Å². The highest BCUT2D eigenvalue weighted by molar-refractivity contribution is 5.45. The number of hydrogen-bond acceptors (Lipinski definition) is 4. The molecule has 2 rings (SSSR count). The van der Waals surface area contributed by atoms with Crippen molar-refractivity contribution in [2.45, 2.75) is 18.9 Å². The molecule has 0 saturated carbocycles. The highest BCUT2D eigenvalue weighted by Gasteiger charge is 2.17. The molecule has 1 aromatic rings. The van der Waals surface area contributed by atoms with Crippen LogP contribution in [0.4, 0.5) is 5.69 Å². The van der Waals surface area contributed by atoms with E-state index in [2.05, 4.69) is 21.3 Å². The summed E-state index contributed by atoms with van der Waals surface area (Å²) in [7, 11) is 3.68. The van der Waals surface area contributed by atoms with Gasteiger partial charge in [0.05, 0.1) is 19.0 Å². The number of piperidine rings is 1. The summed E-state index contributed by atoms with van der Waals surface area (Å²) in [6.45, 7) is 2.19. The molecule has 0 bridgehead atoms. The minimum Gasteiger partial charge on any atom is -0.481 e. The summed E-state index contributed by atoms with van der Waals surface area (Å²) >= 11 is 0. The molecule has 0 amide bonds. The van der Waals surface area contributed by atoms with Gasteiger partial charge in [-0.05, 0) is 26.0 Å². The molecular weight excluding hydrogens is 202 g/mol. The molecule has 0 spiro atoms. The maximum Gasteiger partial charge on any atom is 0.213 e. The van der Waals surface area contributed by atoms with Gasteiger partial charge in [-0.25, -0.2) is 4.98 Å². The molecule has 1 fully saturated rings. The third-order valence-corrected chi connectivity index (χ3v) is 3.20. The molecular formula is C12H19N3O. The second kappa shape index (κ2) is 5.16. The van der Waals surface area contributed by atoms with Gasteiger partial charge in [-0.2, -0.15) is 0 Å². The van der Waals surface area contributed by atoms with Gasteiger partial charge >= 0.3 is 0 Å². The fourth-order valence-corrected chi connectivity index (χ4v) is 2.11. The van der Waals surface area contributed by atoms with Crippen LogP contribution in [-0.4, -0.2) is 38.3 Å². The predicted molar refractivity (Wildman–Crippen MR) is 65.1 cm³/mol. The zero-order valence-corrected chi connectivity index (χ0v) is 9.94. The summed E-state index contributed by atoms with van der Waals surface area (Å²) in [5.41, 5.74) is 1.19. The summed E-state index contributed by atoms with van der Waals surface area (Å²) in [6.07, 6.45) is 4.28. The van der Waals surface area contributed by atoms with Crippen molar-refractivity contribution in [3.05, 3.63) is 18.3 Å². The number of pyridine rings is 1. The van der Waals surface area contributed by atoms with Gasteiger partial charge in [0.2, 0.25) is 5.88 Å². The smallest absolute Gasteiger partial charge is 0.213 e. The van der Waals surface area contributed by atoms with Crippen molar-refractivity contribution in [3.8, 4) is 5.88 Å². The van der Waals surface area contributed by atoms with Crippen LogP contribution in [0.15, 0.2) is 18.3 Å². The van der Waals surface area contributed by atoms with Gasteiger partial charge < -0.3 is 15.0 Å². The van der Waals surface area contributed by atoms with Gasteiger partial charge in [0.25, 0.3) is 0 Å². The summed E-state index contributed by atoms with van der Waals surface area (Å²) in [4.78, 5) is 6.61. The Bertz CT molecular complexity index is 318. The highest BCUT2D eigenvalue weighted by atomic mass is 16.5. The lowest BCUT2D eigenvalue weighted by Gasteiger charge is -2.33. The van der Waals surface area contributed by atoms with E-state index in [9.17, 15) is 0 Å². The average molecular weight is 221 g/mol. The SMILES string of the molecule is CNC1CCN(c2ccc(OC)nc2)CC1. The van der Waals surface area contributed by atoms with Crippen LogP contribution in [0.5, 0.6) is 5.88 Å². The highest BCUT2D eigenvalue weighted by Crippen LogP contribution is 2.20. The molecule has 1 aliphatic heterocycles. The summed E-state index contributed by atoms with van der Waals surface area (Å²) < 4.78 is 5.05. The van der Waals surface area contributed by atoms with Crippen LogP contribution in [0.1, 0.15) is 12.8 Å². The quantitative estimate of drug-likeness (QED) is 0.834. The van der Waals surface area contributed by atoms with Crippen LogP contribution < -0.4 is 15.0 Å². The van der Waals surface area contributed by atoms with Crippen molar-refractivity contribution in [2.75, 3.05) is 32.1 Å². The van der Waals surface area contributed by atoms with Gasteiger partial charge in [-0.15, -0.1) is 0 Å². The molecule has 2 heterocycles. The summed E-state index contributed by atoms with van der Waals surface area (Å²) in [5, 5.41) is 3.33. The first-order valence-corrected chi connectivity index (χ1v) is 5.75. The first-order valence-electron chi connectivity index (χ1n) is 5.75. The molecule has 1 aliphatic rings. The van der Waals surface area contributed by atoms with Crippen molar-refractivity contribution in [1.82, 2.24) is 10.3 Å². The number of rotatable bonds is 3. The van der Waals surface area contributed by atoms with Crippen molar-refractivity contribution < 1.29 is 4.74 Å². The molecule has 1 aromatic heterocycles. The van der Waals surface area contributed by atoms with Gasteiger partial charge in [-0.3, -0.25) is 0 Å². The van der Waals surface area contributed by atoms with Crippen LogP contribution in [0, 0.1) is 0 Å². The lowest BCUT2D eigenvalue weighted by Crippen LogP contribution is -2.41. The number of aromatic nitrogens is 1. The van der Waals surface area contributed by atoms with E-state index in [1.165, 1.54) is 18.5 Å². The second-order valence-electron chi connectivity index (χ2n) is 4.11. The molecule has 16 heavy (non-hydrogen) atoms. The molecule has 0 unspecified atom stereocenters. The van der Waals surface area contributed by atoms with E-state index in [1.807, 2.05) is 19.3 Å². The molecule has 1 saturated heterocycles. The largest absolute Gasteiger partial charge is 0.481 e. The number of hydrogen-bond donors (Lipinski definition) is 1. The Kier molecular flexibility index (Phi) is 3.62. The average Bonchev–Trinajstić information content (AvgIpc) is 2.39. The standard InChI is InChI=1S/C12H19N3O/c1-13-10-5-7-15(8-6-10)11-3-4-12(16-2)14-9-11/h3-4,9-10,13H,5-8H2,1-2H3. The molecule has 0 aliphatic carbocycles. The van der Waals surface area contributed by atoms with Crippen LogP contribution in [0.3, 0.4) is 0 Å². The molecule has 88 valence electrons. The minimum absolute atomic E-state index is 0.669. The van der Waals surface area contributed by atoms with Crippen LogP contribution in [0.2, 0.25) is 0 Å². The maximum absolute atomic E-state index is 5.05.